The average molecular weight is 236 g/mol. The molecule has 1 unspecified atom stereocenters. The maximum atomic E-state index is 4.34. The van der Waals surface area contributed by atoms with Crippen LogP contribution in [-0.4, -0.2) is 14.8 Å². The first-order valence-electron chi connectivity index (χ1n) is 5.41. The van der Waals surface area contributed by atoms with Gasteiger partial charge in [-0.1, -0.05) is 6.92 Å². The van der Waals surface area contributed by atoms with Gasteiger partial charge in [-0.15, -0.1) is 11.3 Å². The minimum Gasteiger partial charge on any atom is -0.302 e. The van der Waals surface area contributed by atoms with Crippen LogP contribution in [0.4, 0.5) is 0 Å². The van der Waals surface area contributed by atoms with E-state index in [1.807, 2.05) is 35.6 Å². The van der Waals surface area contributed by atoms with Gasteiger partial charge in [-0.05, 0) is 12.5 Å². The van der Waals surface area contributed by atoms with Crippen LogP contribution in [0, 0.1) is 0 Å². The van der Waals surface area contributed by atoms with E-state index >= 15 is 0 Å². The number of hydrogen-bond donors (Lipinski definition) is 1. The van der Waals surface area contributed by atoms with Crippen molar-refractivity contribution in [3.8, 4) is 0 Å². The average Bonchev–Trinajstić information content (AvgIpc) is 2.91. The molecular formula is C11H16N4S. The molecule has 0 saturated heterocycles. The van der Waals surface area contributed by atoms with Crippen LogP contribution in [0.15, 0.2) is 23.8 Å². The minimum absolute atomic E-state index is 0.335. The van der Waals surface area contributed by atoms with Gasteiger partial charge in [0.15, 0.2) is 0 Å². The number of nitrogens with zero attached hydrogens (tertiary/aromatic N) is 3. The van der Waals surface area contributed by atoms with Gasteiger partial charge in [0.1, 0.15) is 5.01 Å². The molecule has 0 spiro atoms. The lowest BCUT2D eigenvalue weighted by Crippen LogP contribution is -2.20. The summed E-state index contributed by atoms with van der Waals surface area (Å²) >= 11 is 1.70. The zero-order valence-corrected chi connectivity index (χ0v) is 10.4. The van der Waals surface area contributed by atoms with E-state index < -0.39 is 0 Å². The van der Waals surface area contributed by atoms with Crippen molar-refractivity contribution in [1.82, 2.24) is 20.1 Å². The molecule has 2 aromatic heterocycles. The van der Waals surface area contributed by atoms with E-state index in [2.05, 4.69) is 22.3 Å². The molecule has 0 aliphatic rings. The fourth-order valence-corrected chi connectivity index (χ4v) is 2.40. The topological polar surface area (TPSA) is 42.7 Å². The maximum Gasteiger partial charge on any atom is 0.109 e. The van der Waals surface area contributed by atoms with E-state index in [9.17, 15) is 0 Å². The molecule has 4 nitrogen and oxygen atoms in total. The molecule has 0 aromatic carbocycles. The van der Waals surface area contributed by atoms with Crippen LogP contribution in [0.3, 0.4) is 0 Å². The third-order valence-corrected chi connectivity index (χ3v) is 3.35. The summed E-state index contributed by atoms with van der Waals surface area (Å²) in [5, 5.41) is 11.0. The van der Waals surface area contributed by atoms with Crippen LogP contribution in [0.2, 0.25) is 0 Å². The number of thiazole rings is 1. The summed E-state index contributed by atoms with van der Waals surface area (Å²) in [6.07, 6.45) is 4.85. The van der Waals surface area contributed by atoms with E-state index in [0.29, 0.717) is 6.04 Å². The highest BCUT2D eigenvalue weighted by Gasteiger charge is 2.11. The zero-order chi connectivity index (χ0) is 11.4. The summed E-state index contributed by atoms with van der Waals surface area (Å²) < 4.78 is 1.82. The number of nitrogens with one attached hydrogen (secondary N) is 1. The summed E-state index contributed by atoms with van der Waals surface area (Å²) in [7, 11) is 1.93. The van der Waals surface area contributed by atoms with Crippen LogP contribution < -0.4 is 5.32 Å². The van der Waals surface area contributed by atoms with Crippen LogP contribution in [-0.2, 0) is 13.6 Å². The van der Waals surface area contributed by atoms with Crippen molar-refractivity contribution in [3.05, 3.63) is 34.5 Å². The molecule has 0 amide bonds. The molecular weight excluding hydrogens is 220 g/mol. The quantitative estimate of drug-likeness (QED) is 0.864. The van der Waals surface area contributed by atoms with Crippen molar-refractivity contribution >= 4 is 11.3 Å². The summed E-state index contributed by atoms with van der Waals surface area (Å²) in [4.78, 5) is 4.34. The predicted octanol–water partition coefficient (Wildman–Crippen LogP) is 2.12. The van der Waals surface area contributed by atoms with E-state index in [0.717, 1.165) is 23.7 Å². The molecule has 0 radical (unpaired) electrons. The molecule has 5 heteroatoms. The van der Waals surface area contributed by atoms with Gasteiger partial charge in [0, 0.05) is 31.4 Å². The molecule has 1 atom stereocenters. The smallest absolute Gasteiger partial charge is 0.109 e. The highest BCUT2D eigenvalue weighted by molar-refractivity contribution is 7.09. The van der Waals surface area contributed by atoms with Gasteiger partial charge in [-0.2, -0.15) is 5.10 Å². The Kier molecular flexibility index (Phi) is 3.69. The summed E-state index contributed by atoms with van der Waals surface area (Å²) in [5.74, 6) is 0. The lowest BCUT2D eigenvalue weighted by molar-refractivity contribution is 0.509. The first-order chi connectivity index (χ1) is 7.79. The van der Waals surface area contributed by atoms with Crippen LogP contribution in [0.5, 0.6) is 0 Å². The van der Waals surface area contributed by atoms with Gasteiger partial charge >= 0.3 is 0 Å². The lowest BCUT2D eigenvalue weighted by atomic mass is 10.2. The summed E-state index contributed by atoms with van der Waals surface area (Å²) in [6.45, 7) is 2.95. The number of rotatable bonds is 5. The summed E-state index contributed by atoms with van der Waals surface area (Å²) in [5.41, 5.74) is 1.07. The summed E-state index contributed by atoms with van der Waals surface area (Å²) in [6, 6.07) is 2.36. The van der Waals surface area contributed by atoms with Crippen molar-refractivity contribution in [2.75, 3.05) is 0 Å². The molecule has 0 aliphatic carbocycles. The minimum atomic E-state index is 0.335. The Morgan fingerprint density at radius 3 is 3.00 bits per heavy atom. The molecule has 0 fully saturated rings. The largest absolute Gasteiger partial charge is 0.302 e. The number of aromatic nitrogens is 3. The second-order valence-electron chi connectivity index (χ2n) is 3.69. The second kappa shape index (κ2) is 5.23. The van der Waals surface area contributed by atoms with E-state index in [4.69, 9.17) is 0 Å². The van der Waals surface area contributed by atoms with Gasteiger partial charge in [0.05, 0.1) is 11.7 Å². The maximum absolute atomic E-state index is 4.34. The van der Waals surface area contributed by atoms with Crippen LogP contribution in [0.1, 0.15) is 30.1 Å². The molecule has 2 rings (SSSR count). The Bertz CT molecular complexity index is 421. The SMILES string of the molecule is CCC(NCc1ccn(C)n1)c1nccs1. The van der Waals surface area contributed by atoms with Gasteiger partial charge in [-0.3, -0.25) is 4.68 Å². The van der Waals surface area contributed by atoms with Gasteiger partial charge in [0.2, 0.25) is 0 Å². The molecule has 0 bridgehead atoms. The van der Waals surface area contributed by atoms with Crippen molar-refractivity contribution in [2.24, 2.45) is 7.05 Å². The van der Waals surface area contributed by atoms with Crippen molar-refractivity contribution < 1.29 is 0 Å². The Labute approximate surface area is 99.3 Å². The second-order valence-corrected chi connectivity index (χ2v) is 4.62. The predicted molar refractivity (Wildman–Crippen MR) is 65.2 cm³/mol. The first-order valence-corrected chi connectivity index (χ1v) is 6.29. The fourth-order valence-electron chi connectivity index (χ4n) is 1.60. The molecule has 1 N–H and O–H groups in total. The number of aryl methyl sites for hydroxylation is 1. The van der Waals surface area contributed by atoms with Gasteiger partial charge in [-0.25, -0.2) is 4.98 Å². The Morgan fingerprint density at radius 2 is 2.44 bits per heavy atom. The van der Waals surface area contributed by atoms with Crippen molar-refractivity contribution in [3.63, 3.8) is 0 Å². The monoisotopic (exact) mass is 236 g/mol. The standard InChI is InChI=1S/C11H16N4S/c1-3-10(11-12-5-7-16-11)13-8-9-4-6-15(2)14-9/h4-7,10,13H,3,8H2,1-2H3. The lowest BCUT2D eigenvalue weighted by Gasteiger charge is -2.12. The van der Waals surface area contributed by atoms with E-state index in [-0.39, 0.29) is 0 Å². The van der Waals surface area contributed by atoms with Crippen LogP contribution in [0.25, 0.3) is 0 Å². The van der Waals surface area contributed by atoms with E-state index in [1.54, 1.807) is 11.3 Å². The number of hydrogen-bond acceptors (Lipinski definition) is 4. The molecule has 16 heavy (non-hydrogen) atoms. The van der Waals surface area contributed by atoms with E-state index in [1.165, 1.54) is 0 Å². The zero-order valence-electron chi connectivity index (χ0n) is 9.55. The van der Waals surface area contributed by atoms with Crippen molar-refractivity contribution in [2.45, 2.75) is 25.9 Å². The first kappa shape index (κ1) is 11.3. The highest BCUT2D eigenvalue weighted by Crippen LogP contribution is 2.18. The molecule has 86 valence electrons. The normalized spacial score (nSPS) is 12.9. The van der Waals surface area contributed by atoms with Crippen LogP contribution >= 0.6 is 11.3 Å². The third kappa shape index (κ3) is 2.68. The van der Waals surface area contributed by atoms with Gasteiger partial charge < -0.3 is 5.32 Å². The third-order valence-electron chi connectivity index (χ3n) is 2.46. The highest BCUT2D eigenvalue weighted by atomic mass is 32.1. The van der Waals surface area contributed by atoms with Gasteiger partial charge in [0.25, 0.3) is 0 Å². The Hall–Kier alpha value is -1.20. The molecule has 2 aromatic rings. The molecule has 0 saturated carbocycles. The molecule has 0 aliphatic heterocycles. The molecule has 2 heterocycles. The van der Waals surface area contributed by atoms with Crippen molar-refractivity contribution in [1.29, 1.82) is 0 Å². The Balaban J connectivity index is 1.93. The Morgan fingerprint density at radius 1 is 1.56 bits per heavy atom. The fraction of sp³-hybridized carbons (Fsp3) is 0.455.